The molecule has 0 saturated heterocycles. The monoisotopic (exact) mass is 591 g/mol. The number of allylic oxidation sites excluding steroid dienone is 1. The van der Waals surface area contributed by atoms with Crippen LogP contribution in [0.5, 0.6) is 5.75 Å². The third-order valence-corrected chi connectivity index (χ3v) is 6.82. The van der Waals surface area contributed by atoms with Crippen LogP contribution in [0.25, 0.3) is 0 Å². The molecule has 3 aromatic carbocycles. The Morgan fingerprint density at radius 2 is 1.48 bits per heavy atom. The number of nitrogens with one attached hydrogen (secondary N) is 1. The fourth-order valence-corrected chi connectivity index (χ4v) is 4.73. The number of alkyl halides is 6. The second-order valence-electron chi connectivity index (χ2n) is 9.38. The van der Waals surface area contributed by atoms with Crippen molar-refractivity contribution in [3.05, 3.63) is 112 Å². The summed E-state index contributed by atoms with van der Waals surface area (Å²) >= 11 is 0. The van der Waals surface area contributed by atoms with Gasteiger partial charge in [0.2, 0.25) is 0 Å². The van der Waals surface area contributed by atoms with E-state index in [1.165, 1.54) is 55.3 Å². The molecule has 12 heteroatoms. The highest BCUT2D eigenvalue weighted by Gasteiger charge is 2.42. The van der Waals surface area contributed by atoms with Gasteiger partial charge in [-0.2, -0.15) is 26.3 Å². The first-order valence-electron chi connectivity index (χ1n) is 12.7. The number of rotatable bonds is 7. The quantitative estimate of drug-likeness (QED) is 0.240. The number of guanidine groups is 1. The van der Waals surface area contributed by atoms with Crippen molar-refractivity contribution in [2.75, 3.05) is 14.2 Å². The summed E-state index contributed by atoms with van der Waals surface area (Å²) in [5.41, 5.74) is -1.67. The number of nitrogens with zero attached hydrogens (tertiary/aromatic N) is 2. The van der Waals surface area contributed by atoms with Gasteiger partial charge in [0, 0.05) is 5.70 Å². The molecule has 1 unspecified atom stereocenters. The number of halogens is 6. The molecule has 1 aliphatic heterocycles. The van der Waals surface area contributed by atoms with E-state index < -0.39 is 35.5 Å². The Morgan fingerprint density at radius 3 is 2.07 bits per heavy atom. The maximum atomic E-state index is 14.0. The second-order valence-corrected chi connectivity index (χ2v) is 9.38. The molecule has 0 amide bonds. The van der Waals surface area contributed by atoms with Gasteiger partial charge in [-0.1, -0.05) is 48.5 Å². The molecule has 1 N–H and O–H groups in total. The summed E-state index contributed by atoms with van der Waals surface area (Å²) < 4.78 is 93.8. The van der Waals surface area contributed by atoms with Crippen molar-refractivity contribution < 1.29 is 40.6 Å². The first-order valence-corrected chi connectivity index (χ1v) is 12.7. The van der Waals surface area contributed by atoms with E-state index in [1.54, 1.807) is 24.3 Å². The third kappa shape index (κ3) is 6.53. The molecule has 0 aromatic heterocycles. The van der Waals surface area contributed by atoms with Crippen LogP contribution in [0.2, 0.25) is 0 Å². The fraction of sp³-hybridized carbons (Fsp3) is 0.267. The number of hydrogen-bond donors (Lipinski definition) is 1. The van der Waals surface area contributed by atoms with Gasteiger partial charge in [0.25, 0.3) is 0 Å². The van der Waals surface area contributed by atoms with E-state index in [-0.39, 0.29) is 41.4 Å². The van der Waals surface area contributed by atoms with E-state index in [4.69, 9.17) is 9.47 Å². The molecule has 6 nitrogen and oxygen atoms in total. The van der Waals surface area contributed by atoms with Crippen molar-refractivity contribution in [2.24, 2.45) is 4.99 Å². The van der Waals surface area contributed by atoms with Crippen LogP contribution in [0.1, 0.15) is 40.8 Å². The number of methoxy groups -OCH3 is 2. The number of esters is 1. The van der Waals surface area contributed by atoms with Crippen molar-refractivity contribution in [2.45, 2.75) is 38.4 Å². The molecule has 0 aliphatic carbocycles. The van der Waals surface area contributed by atoms with Crippen molar-refractivity contribution in [1.29, 1.82) is 0 Å². The minimum Gasteiger partial charge on any atom is -0.497 e. The van der Waals surface area contributed by atoms with Crippen LogP contribution in [0.15, 0.2) is 89.1 Å². The zero-order valence-corrected chi connectivity index (χ0v) is 22.8. The highest BCUT2D eigenvalue weighted by Crippen LogP contribution is 2.40. The number of hydrogen-bond acceptors (Lipinski definition) is 4. The van der Waals surface area contributed by atoms with E-state index >= 15 is 0 Å². The summed E-state index contributed by atoms with van der Waals surface area (Å²) in [5.74, 6) is -0.363. The van der Waals surface area contributed by atoms with Crippen LogP contribution in [0.4, 0.5) is 26.3 Å². The summed E-state index contributed by atoms with van der Waals surface area (Å²) in [7, 11) is 2.58. The van der Waals surface area contributed by atoms with Gasteiger partial charge in [0.15, 0.2) is 5.96 Å². The fourth-order valence-electron chi connectivity index (χ4n) is 4.73. The molecule has 42 heavy (non-hydrogen) atoms. The standard InChI is InChI=1S/C30H27F6N3O3/c1-18-25(27(40)42-3)26(22-9-5-7-11-24(22)30(34,35)36)38-28(37-16-19-12-14-21(41-2)15-13-19)39(18)17-20-8-4-6-10-23(20)29(31,32)33/h4-15,26H,16-17H2,1-3H3,(H,37,38). The van der Waals surface area contributed by atoms with E-state index in [1.807, 2.05) is 0 Å². The number of aliphatic imine (C=N–C) groups is 1. The van der Waals surface area contributed by atoms with Gasteiger partial charge in [-0.15, -0.1) is 0 Å². The zero-order valence-electron chi connectivity index (χ0n) is 22.8. The van der Waals surface area contributed by atoms with E-state index in [0.29, 0.717) is 11.3 Å². The van der Waals surface area contributed by atoms with Crippen molar-refractivity contribution in [1.82, 2.24) is 10.2 Å². The van der Waals surface area contributed by atoms with Gasteiger partial charge in [-0.05, 0) is 47.9 Å². The van der Waals surface area contributed by atoms with Crippen LogP contribution < -0.4 is 10.1 Å². The smallest absolute Gasteiger partial charge is 0.416 e. The molecule has 1 heterocycles. The summed E-state index contributed by atoms with van der Waals surface area (Å²) in [6.07, 6.45) is -9.42. The normalized spacial score (nSPS) is 16.8. The third-order valence-electron chi connectivity index (χ3n) is 6.82. The Morgan fingerprint density at radius 1 is 0.881 bits per heavy atom. The molecule has 0 fully saturated rings. The number of carbonyl (C=O) groups excluding carboxylic acids is 1. The molecule has 222 valence electrons. The average molecular weight is 592 g/mol. The van der Waals surface area contributed by atoms with Crippen LogP contribution in [-0.2, 0) is 35.0 Å². The molecule has 4 rings (SSSR count). The summed E-state index contributed by atoms with van der Waals surface area (Å²) in [5, 5.41) is 2.91. The maximum Gasteiger partial charge on any atom is 0.416 e. The Kier molecular flexibility index (Phi) is 8.83. The molecule has 3 aromatic rings. The van der Waals surface area contributed by atoms with E-state index in [2.05, 4.69) is 10.3 Å². The lowest BCUT2D eigenvalue weighted by molar-refractivity contribution is -0.140. The van der Waals surface area contributed by atoms with Gasteiger partial charge >= 0.3 is 18.3 Å². The average Bonchev–Trinajstić information content (AvgIpc) is 2.96. The molecule has 1 atom stereocenters. The van der Waals surface area contributed by atoms with Crippen LogP contribution in [0, 0.1) is 0 Å². The van der Waals surface area contributed by atoms with Crippen molar-refractivity contribution in [3.63, 3.8) is 0 Å². The Labute approximate surface area is 238 Å². The predicted molar refractivity (Wildman–Crippen MR) is 143 cm³/mol. The van der Waals surface area contributed by atoms with Crippen molar-refractivity contribution >= 4 is 11.9 Å². The van der Waals surface area contributed by atoms with Crippen LogP contribution >= 0.6 is 0 Å². The first kappa shape index (κ1) is 30.5. The zero-order chi connectivity index (χ0) is 30.7. The number of benzene rings is 3. The Balaban J connectivity index is 1.89. The SMILES string of the molecule is COC(=O)C1=C(C)N(Cc2ccccc2C(F)(F)F)C(=NCc2ccc(OC)cc2)NC1c1ccccc1C(F)(F)F. The summed E-state index contributed by atoms with van der Waals surface area (Å²) in [4.78, 5) is 18.9. The number of carbonyl (C=O) groups is 1. The van der Waals surface area contributed by atoms with Crippen molar-refractivity contribution in [3.8, 4) is 5.75 Å². The molecule has 0 radical (unpaired) electrons. The second kappa shape index (κ2) is 12.2. The Bertz CT molecular complexity index is 1500. The van der Waals surface area contributed by atoms with E-state index in [0.717, 1.165) is 19.2 Å². The molecule has 1 aliphatic rings. The first-order chi connectivity index (χ1) is 19.8. The number of ether oxygens (including phenoxy) is 2. The highest BCUT2D eigenvalue weighted by molar-refractivity contribution is 5.96. The van der Waals surface area contributed by atoms with Crippen LogP contribution in [0.3, 0.4) is 0 Å². The molecule has 0 saturated carbocycles. The lowest BCUT2D eigenvalue weighted by Gasteiger charge is -2.39. The van der Waals surface area contributed by atoms with Gasteiger partial charge in [0.05, 0.1) is 50.1 Å². The van der Waals surface area contributed by atoms with Gasteiger partial charge in [-0.25, -0.2) is 9.79 Å². The lowest BCUT2D eigenvalue weighted by atomic mass is 9.91. The minimum absolute atomic E-state index is 0.0186. The van der Waals surface area contributed by atoms with Crippen LogP contribution in [-0.4, -0.2) is 31.0 Å². The minimum atomic E-state index is -4.75. The topological polar surface area (TPSA) is 63.2 Å². The summed E-state index contributed by atoms with van der Waals surface area (Å²) in [6.45, 7) is 1.08. The summed E-state index contributed by atoms with van der Waals surface area (Å²) in [6, 6.07) is 15.2. The van der Waals surface area contributed by atoms with Gasteiger partial charge < -0.3 is 19.7 Å². The largest absolute Gasteiger partial charge is 0.497 e. The van der Waals surface area contributed by atoms with Gasteiger partial charge in [0.1, 0.15) is 5.75 Å². The van der Waals surface area contributed by atoms with E-state index in [9.17, 15) is 31.1 Å². The maximum absolute atomic E-state index is 14.0. The molecular formula is C30H27F6N3O3. The predicted octanol–water partition coefficient (Wildman–Crippen LogP) is 6.88. The molecular weight excluding hydrogens is 564 g/mol. The highest BCUT2D eigenvalue weighted by atomic mass is 19.4. The molecule has 0 spiro atoms. The lowest BCUT2D eigenvalue weighted by Crippen LogP contribution is -2.49. The van der Waals surface area contributed by atoms with Gasteiger partial charge in [-0.3, -0.25) is 0 Å². The molecule has 0 bridgehead atoms. The Hall–Kier alpha value is -4.48.